The molecule has 0 saturated carbocycles. The van der Waals surface area contributed by atoms with Crippen molar-refractivity contribution in [3.05, 3.63) is 71.8 Å². The molecule has 0 aromatic heterocycles. The molecule has 3 aromatic rings. The SMILES string of the molecule is CC[C@H](C)NC(=O)[C@@H](C)N(Cc1ccc(OC)cc1)C(=O)CN1C(=O)c2cccc3cccc1c23. The van der Waals surface area contributed by atoms with Gasteiger partial charge in [-0.15, -0.1) is 0 Å². The zero-order valence-corrected chi connectivity index (χ0v) is 20.6. The fourth-order valence-electron chi connectivity index (χ4n) is 4.34. The van der Waals surface area contributed by atoms with Gasteiger partial charge in [-0.2, -0.15) is 0 Å². The van der Waals surface area contributed by atoms with E-state index in [9.17, 15) is 14.4 Å². The van der Waals surface area contributed by atoms with Crippen LogP contribution < -0.4 is 15.0 Å². The number of nitrogens with one attached hydrogen (secondary N) is 1. The van der Waals surface area contributed by atoms with Crippen molar-refractivity contribution in [2.45, 2.75) is 45.8 Å². The quantitative estimate of drug-likeness (QED) is 0.507. The second-order valence-corrected chi connectivity index (χ2v) is 8.94. The lowest BCUT2D eigenvalue weighted by Gasteiger charge is -2.31. The van der Waals surface area contributed by atoms with Crippen molar-refractivity contribution in [1.29, 1.82) is 0 Å². The number of nitrogens with zero attached hydrogens (tertiary/aromatic N) is 2. The third kappa shape index (κ3) is 4.85. The minimum absolute atomic E-state index is 0.00449. The molecule has 0 saturated heterocycles. The van der Waals surface area contributed by atoms with Crippen molar-refractivity contribution in [2.75, 3.05) is 18.6 Å². The van der Waals surface area contributed by atoms with Crippen LogP contribution in [0.4, 0.5) is 5.69 Å². The molecule has 7 heteroatoms. The number of carbonyl (C=O) groups is 3. The van der Waals surface area contributed by atoms with Gasteiger partial charge in [0, 0.05) is 23.5 Å². The van der Waals surface area contributed by atoms with Crippen LogP contribution in [0.5, 0.6) is 5.75 Å². The number of anilines is 1. The maximum atomic E-state index is 13.7. The monoisotopic (exact) mass is 473 g/mol. The second-order valence-electron chi connectivity index (χ2n) is 8.94. The van der Waals surface area contributed by atoms with E-state index in [0.29, 0.717) is 11.3 Å². The Balaban J connectivity index is 1.61. The first-order valence-electron chi connectivity index (χ1n) is 11.9. The Labute approximate surface area is 205 Å². The lowest BCUT2D eigenvalue weighted by atomic mass is 10.1. The molecule has 35 heavy (non-hydrogen) atoms. The van der Waals surface area contributed by atoms with E-state index >= 15 is 0 Å². The first-order valence-corrected chi connectivity index (χ1v) is 11.9. The third-order valence-corrected chi connectivity index (χ3v) is 6.62. The third-order valence-electron chi connectivity index (χ3n) is 6.62. The van der Waals surface area contributed by atoms with Gasteiger partial charge >= 0.3 is 0 Å². The van der Waals surface area contributed by atoms with Crippen LogP contribution in [0.25, 0.3) is 10.8 Å². The highest BCUT2D eigenvalue weighted by molar-refractivity contribution is 6.26. The molecule has 1 aliphatic rings. The minimum Gasteiger partial charge on any atom is -0.497 e. The molecule has 1 aliphatic heterocycles. The van der Waals surface area contributed by atoms with Crippen LogP contribution in [-0.2, 0) is 16.1 Å². The van der Waals surface area contributed by atoms with E-state index < -0.39 is 6.04 Å². The fourth-order valence-corrected chi connectivity index (χ4v) is 4.34. The summed E-state index contributed by atoms with van der Waals surface area (Å²) in [5.74, 6) is -0.0147. The van der Waals surface area contributed by atoms with Gasteiger partial charge in [-0.3, -0.25) is 19.3 Å². The Bertz CT molecular complexity index is 1250. The van der Waals surface area contributed by atoms with E-state index in [1.165, 1.54) is 9.80 Å². The van der Waals surface area contributed by atoms with Gasteiger partial charge in [-0.05, 0) is 55.5 Å². The first-order chi connectivity index (χ1) is 16.8. The van der Waals surface area contributed by atoms with Crippen LogP contribution in [0.2, 0.25) is 0 Å². The van der Waals surface area contributed by atoms with Gasteiger partial charge in [-0.25, -0.2) is 0 Å². The van der Waals surface area contributed by atoms with E-state index in [-0.39, 0.29) is 36.9 Å². The van der Waals surface area contributed by atoms with E-state index in [0.717, 1.165) is 28.4 Å². The van der Waals surface area contributed by atoms with E-state index in [1.807, 2.05) is 68.4 Å². The summed E-state index contributed by atoms with van der Waals surface area (Å²) in [5.41, 5.74) is 2.17. The summed E-state index contributed by atoms with van der Waals surface area (Å²) in [5, 5.41) is 4.78. The molecule has 7 nitrogen and oxygen atoms in total. The van der Waals surface area contributed by atoms with Gasteiger partial charge in [0.15, 0.2) is 0 Å². The van der Waals surface area contributed by atoms with Gasteiger partial charge in [0.25, 0.3) is 5.91 Å². The zero-order valence-electron chi connectivity index (χ0n) is 20.6. The average molecular weight is 474 g/mol. The standard InChI is InChI=1S/C28H31N3O4/c1-5-18(2)29-27(33)19(3)30(16-20-12-14-22(35-4)15-13-20)25(32)17-31-24-11-7-9-21-8-6-10-23(26(21)24)28(31)34/h6-15,18-19H,5,16-17H2,1-4H3,(H,29,33)/t18-,19+/m0/s1. The number of carbonyl (C=O) groups excluding carboxylic acids is 3. The number of benzene rings is 3. The maximum Gasteiger partial charge on any atom is 0.259 e. The Morgan fingerprint density at radius 3 is 2.37 bits per heavy atom. The predicted molar refractivity (Wildman–Crippen MR) is 137 cm³/mol. The van der Waals surface area contributed by atoms with Crippen molar-refractivity contribution in [1.82, 2.24) is 10.2 Å². The number of amides is 3. The van der Waals surface area contributed by atoms with Gasteiger partial charge in [0.1, 0.15) is 18.3 Å². The van der Waals surface area contributed by atoms with Gasteiger partial charge in [0.2, 0.25) is 11.8 Å². The molecule has 2 atom stereocenters. The predicted octanol–water partition coefficient (Wildman–Crippen LogP) is 4.14. The average Bonchev–Trinajstić information content (AvgIpc) is 3.15. The Hall–Kier alpha value is -3.87. The number of hydrogen-bond donors (Lipinski definition) is 1. The van der Waals surface area contributed by atoms with Crippen LogP contribution in [0.1, 0.15) is 43.1 Å². The molecule has 0 unspecified atom stereocenters. The highest BCUT2D eigenvalue weighted by atomic mass is 16.5. The normalized spacial score (nSPS) is 14.1. The Kier molecular flexibility index (Phi) is 7.05. The molecule has 4 rings (SSSR count). The molecule has 1 N–H and O–H groups in total. The van der Waals surface area contributed by atoms with E-state index in [4.69, 9.17) is 4.74 Å². The van der Waals surface area contributed by atoms with Crippen molar-refractivity contribution in [2.24, 2.45) is 0 Å². The molecule has 0 fully saturated rings. The summed E-state index contributed by atoms with van der Waals surface area (Å²) >= 11 is 0. The highest BCUT2D eigenvalue weighted by Crippen LogP contribution is 2.37. The largest absolute Gasteiger partial charge is 0.497 e. The lowest BCUT2D eigenvalue weighted by Crippen LogP contribution is -2.52. The molecule has 3 amide bonds. The smallest absolute Gasteiger partial charge is 0.259 e. The van der Waals surface area contributed by atoms with Crippen LogP contribution in [0, 0.1) is 0 Å². The number of methoxy groups -OCH3 is 1. The summed E-state index contributed by atoms with van der Waals surface area (Å²) in [6, 6.07) is 18.0. The van der Waals surface area contributed by atoms with E-state index in [1.54, 1.807) is 20.1 Å². The molecular formula is C28H31N3O4. The fraction of sp³-hybridized carbons (Fsp3) is 0.321. The lowest BCUT2D eigenvalue weighted by molar-refractivity contribution is -0.139. The molecule has 3 aromatic carbocycles. The van der Waals surface area contributed by atoms with Crippen molar-refractivity contribution >= 4 is 34.2 Å². The molecular weight excluding hydrogens is 442 g/mol. The van der Waals surface area contributed by atoms with E-state index in [2.05, 4.69) is 5.32 Å². The van der Waals surface area contributed by atoms with Crippen molar-refractivity contribution in [3.8, 4) is 5.75 Å². The molecule has 0 bridgehead atoms. The van der Waals surface area contributed by atoms with Crippen LogP contribution >= 0.6 is 0 Å². The molecule has 0 spiro atoms. The van der Waals surface area contributed by atoms with Crippen molar-refractivity contribution in [3.63, 3.8) is 0 Å². The second kappa shape index (κ2) is 10.2. The van der Waals surface area contributed by atoms with Gasteiger partial charge in [0.05, 0.1) is 12.8 Å². The van der Waals surface area contributed by atoms with Gasteiger partial charge in [-0.1, -0.05) is 43.3 Å². The summed E-state index contributed by atoms with van der Waals surface area (Å²) < 4.78 is 5.23. The molecule has 182 valence electrons. The van der Waals surface area contributed by atoms with Crippen LogP contribution in [-0.4, -0.2) is 48.4 Å². The topological polar surface area (TPSA) is 79.0 Å². The summed E-state index contributed by atoms with van der Waals surface area (Å²) in [6.07, 6.45) is 0.787. The molecule has 1 heterocycles. The van der Waals surface area contributed by atoms with Crippen molar-refractivity contribution < 1.29 is 19.1 Å². The summed E-state index contributed by atoms with van der Waals surface area (Å²) in [7, 11) is 1.60. The minimum atomic E-state index is -0.713. The number of hydrogen-bond acceptors (Lipinski definition) is 4. The maximum absolute atomic E-state index is 13.7. The molecule has 0 radical (unpaired) electrons. The zero-order chi connectivity index (χ0) is 25.1. The van der Waals surface area contributed by atoms with Crippen LogP contribution in [0.15, 0.2) is 60.7 Å². The number of ether oxygens (including phenoxy) is 1. The van der Waals surface area contributed by atoms with Crippen LogP contribution in [0.3, 0.4) is 0 Å². The number of rotatable bonds is 9. The Morgan fingerprint density at radius 2 is 1.71 bits per heavy atom. The summed E-state index contributed by atoms with van der Waals surface area (Å²) in [6.45, 7) is 5.73. The molecule has 0 aliphatic carbocycles. The van der Waals surface area contributed by atoms with Gasteiger partial charge < -0.3 is 15.0 Å². The summed E-state index contributed by atoms with van der Waals surface area (Å²) in [4.78, 5) is 42.9. The Morgan fingerprint density at radius 1 is 1.03 bits per heavy atom. The first kappa shape index (κ1) is 24.3. The highest BCUT2D eigenvalue weighted by Gasteiger charge is 2.34.